The van der Waals surface area contributed by atoms with Crippen LogP contribution in [0.25, 0.3) is 0 Å². The molecule has 1 aliphatic heterocycles. The molecule has 0 radical (unpaired) electrons. The van der Waals surface area contributed by atoms with Crippen molar-refractivity contribution in [2.45, 2.75) is 32.7 Å². The number of nitro groups is 1. The molecular weight excluding hydrogens is 326 g/mol. The summed E-state index contributed by atoms with van der Waals surface area (Å²) in [5.74, 6) is -0.533. The number of benzene rings is 1. The highest BCUT2D eigenvalue weighted by molar-refractivity contribution is 5.95. The molecule has 0 bridgehead atoms. The molecule has 8 nitrogen and oxygen atoms in total. The molecule has 0 saturated carbocycles. The van der Waals surface area contributed by atoms with Gasteiger partial charge in [-0.1, -0.05) is 25.5 Å². The van der Waals surface area contributed by atoms with Gasteiger partial charge in [-0.25, -0.2) is 9.59 Å². The average molecular weight is 347 g/mol. The second-order valence-electron chi connectivity index (χ2n) is 5.78. The summed E-state index contributed by atoms with van der Waals surface area (Å²) in [5, 5.41) is 13.7. The molecule has 8 heteroatoms. The molecule has 0 spiro atoms. The fourth-order valence-corrected chi connectivity index (χ4v) is 2.55. The van der Waals surface area contributed by atoms with Crippen molar-refractivity contribution in [1.29, 1.82) is 0 Å². The molecular formula is C17H21N3O5. The molecule has 2 rings (SSSR count). The number of esters is 1. The van der Waals surface area contributed by atoms with E-state index >= 15 is 0 Å². The number of ether oxygens (including phenoxy) is 1. The largest absolute Gasteiger partial charge is 0.462 e. The van der Waals surface area contributed by atoms with Gasteiger partial charge in [-0.2, -0.15) is 0 Å². The number of hydrogen-bond acceptors (Lipinski definition) is 5. The van der Waals surface area contributed by atoms with Crippen LogP contribution in [-0.4, -0.2) is 35.5 Å². The van der Waals surface area contributed by atoms with E-state index in [0.29, 0.717) is 11.3 Å². The predicted octanol–water partition coefficient (Wildman–Crippen LogP) is 2.91. The standard InChI is InChI=1S/C17H21N3O5/c1-4-5-9-25-16(21)14-11(2)19(3)17(22)18-15(14)12-7-6-8-13(10-12)20(23)24/h6-8,10,15H,4-5,9H2,1-3H3,(H,18,22)/t15-/m0/s1. The van der Waals surface area contributed by atoms with Gasteiger partial charge in [-0.3, -0.25) is 10.1 Å². The second kappa shape index (κ2) is 7.78. The van der Waals surface area contributed by atoms with Crippen molar-refractivity contribution >= 4 is 17.7 Å². The summed E-state index contributed by atoms with van der Waals surface area (Å²) in [6.07, 6.45) is 1.62. The maximum Gasteiger partial charge on any atom is 0.338 e. The number of non-ortho nitro benzene ring substituents is 1. The summed E-state index contributed by atoms with van der Waals surface area (Å²) in [6, 6.07) is 4.68. The molecule has 1 atom stereocenters. The number of carbonyl (C=O) groups is 2. The van der Waals surface area contributed by atoms with Crippen molar-refractivity contribution in [1.82, 2.24) is 10.2 Å². The number of carbonyl (C=O) groups excluding carboxylic acids is 2. The number of allylic oxidation sites excluding steroid dienone is 1. The predicted molar refractivity (Wildman–Crippen MR) is 90.7 cm³/mol. The Labute approximate surface area is 145 Å². The van der Waals surface area contributed by atoms with Gasteiger partial charge in [0.15, 0.2) is 0 Å². The van der Waals surface area contributed by atoms with Gasteiger partial charge in [0.25, 0.3) is 5.69 Å². The third kappa shape index (κ3) is 3.96. The van der Waals surface area contributed by atoms with Gasteiger partial charge in [0.05, 0.1) is 23.1 Å². The van der Waals surface area contributed by atoms with E-state index in [1.165, 1.54) is 23.1 Å². The van der Waals surface area contributed by atoms with Gasteiger partial charge in [-0.15, -0.1) is 0 Å². The van der Waals surface area contributed by atoms with E-state index in [9.17, 15) is 19.7 Å². The zero-order chi connectivity index (χ0) is 18.6. The number of unbranched alkanes of at least 4 members (excludes halogenated alkanes) is 1. The Kier molecular flexibility index (Phi) is 5.74. The van der Waals surface area contributed by atoms with Crippen LogP contribution in [0, 0.1) is 10.1 Å². The van der Waals surface area contributed by atoms with E-state index in [4.69, 9.17) is 4.74 Å². The van der Waals surface area contributed by atoms with Gasteiger partial charge in [0.2, 0.25) is 0 Å². The van der Waals surface area contributed by atoms with Crippen molar-refractivity contribution < 1.29 is 19.2 Å². The third-order valence-electron chi connectivity index (χ3n) is 4.12. The van der Waals surface area contributed by atoms with Crippen molar-refractivity contribution in [3.8, 4) is 0 Å². The topological polar surface area (TPSA) is 102 Å². The molecule has 0 fully saturated rings. The minimum atomic E-state index is -0.794. The minimum absolute atomic E-state index is 0.109. The van der Waals surface area contributed by atoms with E-state index < -0.39 is 16.9 Å². The van der Waals surface area contributed by atoms with E-state index in [1.807, 2.05) is 6.92 Å². The zero-order valence-corrected chi connectivity index (χ0v) is 14.4. The molecule has 1 N–H and O–H groups in total. The number of nitrogens with zero attached hydrogens (tertiary/aromatic N) is 2. The Morgan fingerprint density at radius 1 is 1.44 bits per heavy atom. The lowest BCUT2D eigenvalue weighted by molar-refractivity contribution is -0.384. The monoisotopic (exact) mass is 347 g/mol. The van der Waals surface area contributed by atoms with Gasteiger partial charge < -0.3 is 15.0 Å². The third-order valence-corrected chi connectivity index (χ3v) is 4.12. The lowest BCUT2D eigenvalue weighted by Crippen LogP contribution is -2.46. The van der Waals surface area contributed by atoms with Gasteiger partial charge in [0.1, 0.15) is 0 Å². The quantitative estimate of drug-likeness (QED) is 0.369. The van der Waals surface area contributed by atoms with Crippen molar-refractivity contribution in [3.63, 3.8) is 0 Å². The van der Waals surface area contributed by atoms with E-state index in [0.717, 1.165) is 12.8 Å². The Morgan fingerprint density at radius 2 is 2.16 bits per heavy atom. The van der Waals surface area contributed by atoms with Crippen molar-refractivity contribution in [2.75, 3.05) is 13.7 Å². The van der Waals surface area contributed by atoms with Gasteiger partial charge in [0, 0.05) is 24.9 Å². The maximum absolute atomic E-state index is 12.5. The summed E-state index contributed by atoms with van der Waals surface area (Å²) >= 11 is 0. The van der Waals surface area contributed by atoms with Crippen LogP contribution in [0.15, 0.2) is 35.5 Å². The van der Waals surface area contributed by atoms with Crippen LogP contribution in [0.5, 0.6) is 0 Å². The first-order chi connectivity index (χ1) is 11.9. The van der Waals surface area contributed by atoms with Crippen LogP contribution in [0.4, 0.5) is 10.5 Å². The first-order valence-electron chi connectivity index (χ1n) is 8.03. The normalized spacial score (nSPS) is 17.3. The molecule has 0 saturated heterocycles. The van der Waals surface area contributed by atoms with Crippen LogP contribution in [0.3, 0.4) is 0 Å². The Morgan fingerprint density at radius 3 is 2.80 bits per heavy atom. The van der Waals surface area contributed by atoms with E-state index in [-0.39, 0.29) is 23.9 Å². The highest BCUT2D eigenvalue weighted by atomic mass is 16.6. The lowest BCUT2D eigenvalue weighted by Gasteiger charge is -2.33. The fourth-order valence-electron chi connectivity index (χ4n) is 2.55. The molecule has 0 unspecified atom stereocenters. The first kappa shape index (κ1) is 18.4. The summed E-state index contributed by atoms with van der Waals surface area (Å²) in [4.78, 5) is 36.5. The minimum Gasteiger partial charge on any atom is -0.462 e. The smallest absolute Gasteiger partial charge is 0.338 e. The summed E-state index contributed by atoms with van der Waals surface area (Å²) in [6.45, 7) is 3.92. The Bertz CT molecular complexity index is 729. The Hall–Kier alpha value is -2.90. The van der Waals surface area contributed by atoms with Gasteiger partial charge in [-0.05, 0) is 18.9 Å². The maximum atomic E-state index is 12.5. The number of hydrogen-bond donors (Lipinski definition) is 1. The fraction of sp³-hybridized carbons (Fsp3) is 0.412. The molecule has 0 aliphatic carbocycles. The highest BCUT2D eigenvalue weighted by Gasteiger charge is 2.35. The summed E-state index contributed by atoms with van der Waals surface area (Å²) in [7, 11) is 1.55. The van der Waals surface area contributed by atoms with Gasteiger partial charge >= 0.3 is 12.0 Å². The zero-order valence-electron chi connectivity index (χ0n) is 14.4. The molecule has 1 aromatic rings. The molecule has 1 aromatic carbocycles. The SMILES string of the molecule is CCCCOC(=O)C1=C(C)N(C)C(=O)N[C@H]1c1cccc([N+](=O)[O-])c1. The van der Waals surface area contributed by atoms with Crippen LogP contribution in [0.1, 0.15) is 38.3 Å². The number of nitro benzene ring substituents is 1. The van der Waals surface area contributed by atoms with E-state index in [1.54, 1.807) is 20.0 Å². The number of urea groups is 1. The summed E-state index contributed by atoms with van der Waals surface area (Å²) in [5.41, 5.74) is 1.08. The first-order valence-corrected chi connectivity index (χ1v) is 8.03. The number of amides is 2. The molecule has 134 valence electrons. The van der Waals surface area contributed by atoms with Crippen molar-refractivity contribution in [2.24, 2.45) is 0 Å². The highest BCUT2D eigenvalue weighted by Crippen LogP contribution is 2.32. The molecule has 0 aromatic heterocycles. The van der Waals surface area contributed by atoms with Crippen molar-refractivity contribution in [3.05, 3.63) is 51.2 Å². The second-order valence-corrected chi connectivity index (χ2v) is 5.78. The molecule has 1 aliphatic rings. The van der Waals surface area contributed by atoms with Crippen LogP contribution >= 0.6 is 0 Å². The lowest BCUT2D eigenvalue weighted by atomic mass is 9.94. The van der Waals surface area contributed by atoms with Crippen LogP contribution < -0.4 is 5.32 Å². The van der Waals surface area contributed by atoms with E-state index in [2.05, 4.69) is 5.32 Å². The van der Waals surface area contributed by atoms with Crippen LogP contribution in [0.2, 0.25) is 0 Å². The Balaban J connectivity index is 2.42. The number of nitrogens with one attached hydrogen (secondary N) is 1. The average Bonchev–Trinajstić information content (AvgIpc) is 2.59. The molecule has 25 heavy (non-hydrogen) atoms. The number of rotatable bonds is 6. The van der Waals surface area contributed by atoms with Crippen LogP contribution in [-0.2, 0) is 9.53 Å². The summed E-state index contributed by atoms with van der Waals surface area (Å²) < 4.78 is 5.30. The molecule has 1 heterocycles. The molecule has 2 amide bonds.